The topological polar surface area (TPSA) is 64.0 Å². The van der Waals surface area contributed by atoms with Gasteiger partial charge in [-0.05, 0) is 86.7 Å². The molecule has 2 N–H and O–H groups in total. The molecule has 1 aliphatic carbocycles. The van der Waals surface area contributed by atoms with Crippen LogP contribution in [0.15, 0.2) is 36.8 Å². The van der Waals surface area contributed by atoms with E-state index in [-0.39, 0.29) is 0 Å². The number of hydrogen-bond acceptors (Lipinski definition) is 5. The lowest BCUT2D eigenvalue weighted by Crippen LogP contribution is -2.50. The molecule has 33 heavy (non-hydrogen) atoms. The molecule has 6 rings (SSSR count). The van der Waals surface area contributed by atoms with E-state index in [1.807, 2.05) is 6.33 Å². The number of fused-ring (bicyclic) bond motifs is 1. The van der Waals surface area contributed by atoms with Gasteiger partial charge < -0.3 is 19.9 Å². The summed E-state index contributed by atoms with van der Waals surface area (Å²) in [6.07, 6.45) is 11.1. The van der Waals surface area contributed by atoms with E-state index in [0.717, 1.165) is 73.7 Å². The number of ether oxygens (including phenoxy) is 1. The first kappa shape index (κ1) is 21.4. The first-order chi connectivity index (χ1) is 16.2. The number of aromatic nitrogens is 3. The van der Waals surface area contributed by atoms with Crippen molar-refractivity contribution in [2.24, 2.45) is 11.3 Å². The first-order valence-electron chi connectivity index (χ1n) is 12.3. The van der Waals surface area contributed by atoms with Gasteiger partial charge in [0.2, 0.25) is 0 Å². The van der Waals surface area contributed by atoms with Crippen LogP contribution in [0.2, 0.25) is 5.02 Å². The van der Waals surface area contributed by atoms with Gasteiger partial charge in [0, 0.05) is 37.6 Å². The zero-order valence-corrected chi connectivity index (χ0v) is 19.8. The van der Waals surface area contributed by atoms with E-state index in [9.17, 15) is 0 Å². The quantitative estimate of drug-likeness (QED) is 0.547. The third-order valence-electron chi connectivity index (χ3n) is 7.96. The van der Waals surface area contributed by atoms with Gasteiger partial charge in [0.25, 0.3) is 0 Å². The van der Waals surface area contributed by atoms with Crippen LogP contribution in [0.3, 0.4) is 0 Å². The van der Waals surface area contributed by atoms with Gasteiger partial charge in [0.1, 0.15) is 5.82 Å². The summed E-state index contributed by atoms with van der Waals surface area (Å²) in [5.41, 5.74) is 4.86. The van der Waals surface area contributed by atoms with E-state index in [1.54, 1.807) is 6.20 Å². The van der Waals surface area contributed by atoms with E-state index in [4.69, 9.17) is 16.3 Å². The zero-order valence-electron chi connectivity index (χ0n) is 19.0. The van der Waals surface area contributed by atoms with Crippen LogP contribution in [0.5, 0.6) is 0 Å². The molecular weight excluding hydrogens is 434 g/mol. The Morgan fingerprint density at radius 2 is 1.94 bits per heavy atom. The van der Waals surface area contributed by atoms with Crippen LogP contribution in [0.1, 0.15) is 38.5 Å². The molecule has 2 aromatic heterocycles. The van der Waals surface area contributed by atoms with Crippen molar-refractivity contribution in [1.29, 1.82) is 0 Å². The van der Waals surface area contributed by atoms with Crippen molar-refractivity contribution >= 4 is 28.5 Å². The smallest absolute Gasteiger partial charge is 0.126 e. The zero-order chi connectivity index (χ0) is 22.3. The molecule has 0 radical (unpaired) electrons. The van der Waals surface area contributed by atoms with Crippen molar-refractivity contribution in [1.82, 2.24) is 19.9 Å². The number of benzene rings is 1. The minimum atomic E-state index is 0.507. The molecule has 1 aromatic carbocycles. The van der Waals surface area contributed by atoms with Gasteiger partial charge >= 0.3 is 0 Å². The lowest BCUT2D eigenvalue weighted by atomic mass is 9.60. The second-order valence-electron chi connectivity index (χ2n) is 10.2. The summed E-state index contributed by atoms with van der Waals surface area (Å²) in [7, 11) is 0. The van der Waals surface area contributed by atoms with Crippen molar-refractivity contribution in [3.8, 4) is 11.1 Å². The Kier molecular flexibility index (Phi) is 5.76. The molecule has 2 aliphatic heterocycles. The van der Waals surface area contributed by atoms with Gasteiger partial charge in [-0.15, -0.1) is 0 Å². The highest BCUT2D eigenvalue weighted by Gasteiger charge is 2.44. The third-order valence-corrected chi connectivity index (χ3v) is 8.26. The number of anilines is 1. The fourth-order valence-electron chi connectivity index (χ4n) is 5.98. The van der Waals surface area contributed by atoms with Gasteiger partial charge in [-0.2, -0.15) is 0 Å². The van der Waals surface area contributed by atoms with E-state index >= 15 is 0 Å². The molecule has 3 fully saturated rings. The summed E-state index contributed by atoms with van der Waals surface area (Å²) in [5.74, 6) is 1.56. The Balaban J connectivity index is 1.21. The molecule has 0 bridgehead atoms. The average molecular weight is 466 g/mol. The lowest BCUT2D eigenvalue weighted by Gasteiger charge is -2.50. The van der Waals surface area contributed by atoms with E-state index in [2.05, 4.69) is 49.4 Å². The van der Waals surface area contributed by atoms with Gasteiger partial charge in [-0.3, -0.25) is 0 Å². The number of rotatable bonds is 5. The molecule has 2 saturated heterocycles. The number of imidazole rings is 1. The Morgan fingerprint density at radius 3 is 2.76 bits per heavy atom. The Morgan fingerprint density at radius 1 is 1.12 bits per heavy atom. The summed E-state index contributed by atoms with van der Waals surface area (Å²) in [6, 6.07) is 9.05. The predicted octanol–water partition coefficient (Wildman–Crippen LogP) is 5.12. The number of nitrogens with zero attached hydrogens (tertiary/aromatic N) is 3. The lowest BCUT2D eigenvalue weighted by molar-refractivity contribution is 0.0616. The standard InChI is InChI=1S/C26H32ClN5O/c27-22-15-29-25(31-20-13-26(14-20)5-7-28-8-6-26)12-21(22)19-1-2-23-24(11-19)32(17-30-23)16-18-3-9-33-10-4-18/h1-2,11-12,15,17-18,20,28H,3-10,13-14,16H2,(H,29,31). The second kappa shape index (κ2) is 8.90. The normalized spacial score (nSPS) is 21.4. The Bertz CT molecular complexity index is 1120. The van der Waals surface area contributed by atoms with Gasteiger partial charge in [0.15, 0.2) is 0 Å². The average Bonchev–Trinajstić information content (AvgIpc) is 3.22. The molecule has 3 aromatic rings. The molecule has 1 saturated carbocycles. The number of nitrogens with one attached hydrogen (secondary N) is 2. The van der Waals surface area contributed by atoms with Crippen molar-refractivity contribution in [3.05, 3.63) is 41.8 Å². The molecule has 4 heterocycles. The fraction of sp³-hybridized carbons (Fsp3) is 0.538. The maximum absolute atomic E-state index is 6.62. The van der Waals surface area contributed by atoms with Crippen LogP contribution in [0.25, 0.3) is 22.2 Å². The Labute approximate surface area is 200 Å². The molecule has 0 atom stereocenters. The number of pyridine rings is 1. The van der Waals surface area contributed by atoms with Crippen molar-refractivity contribution in [2.75, 3.05) is 31.6 Å². The highest BCUT2D eigenvalue weighted by molar-refractivity contribution is 6.33. The minimum absolute atomic E-state index is 0.507. The van der Waals surface area contributed by atoms with Gasteiger partial charge in [0.05, 0.1) is 22.4 Å². The summed E-state index contributed by atoms with van der Waals surface area (Å²) in [6.45, 7) is 5.03. The Hall–Kier alpha value is -2.15. The van der Waals surface area contributed by atoms with Crippen molar-refractivity contribution in [3.63, 3.8) is 0 Å². The van der Waals surface area contributed by atoms with Crippen LogP contribution in [0, 0.1) is 11.3 Å². The molecule has 6 nitrogen and oxygen atoms in total. The molecule has 0 amide bonds. The van der Waals surface area contributed by atoms with Crippen LogP contribution >= 0.6 is 11.6 Å². The fourth-order valence-corrected chi connectivity index (χ4v) is 6.19. The van der Waals surface area contributed by atoms with Crippen molar-refractivity contribution < 1.29 is 4.74 Å². The maximum Gasteiger partial charge on any atom is 0.126 e. The van der Waals surface area contributed by atoms with E-state index < -0.39 is 0 Å². The molecule has 174 valence electrons. The second-order valence-corrected chi connectivity index (χ2v) is 10.6. The van der Waals surface area contributed by atoms with Crippen LogP contribution in [-0.4, -0.2) is 46.9 Å². The highest BCUT2D eigenvalue weighted by Crippen LogP contribution is 2.48. The van der Waals surface area contributed by atoms with Crippen LogP contribution in [0.4, 0.5) is 5.82 Å². The number of hydrogen-bond donors (Lipinski definition) is 2. The SMILES string of the molecule is Clc1cnc(NC2CC3(CCNCC3)C2)cc1-c1ccc2ncn(CC3CCOCC3)c2c1. The summed E-state index contributed by atoms with van der Waals surface area (Å²) in [4.78, 5) is 9.21. The summed E-state index contributed by atoms with van der Waals surface area (Å²) >= 11 is 6.62. The van der Waals surface area contributed by atoms with Crippen LogP contribution in [-0.2, 0) is 11.3 Å². The summed E-state index contributed by atoms with van der Waals surface area (Å²) < 4.78 is 7.81. The molecule has 7 heteroatoms. The number of piperidine rings is 1. The van der Waals surface area contributed by atoms with Crippen molar-refractivity contribution in [2.45, 2.75) is 51.1 Å². The molecule has 3 aliphatic rings. The van der Waals surface area contributed by atoms with Gasteiger partial charge in [-0.25, -0.2) is 9.97 Å². The van der Waals surface area contributed by atoms with Crippen LogP contribution < -0.4 is 10.6 Å². The molecule has 1 spiro atoms. The molecular formula is C26H32ClN5O. The largest absolute Gasteiger partial charge is 0.381 e. The van der Waals surface area contributed by atoms with E-state index in [0.29, 0.717) is 22.4 Å². The maximum atomic E-state index is 6.62. The van der Waals surface area contributed by atoms with E-state index in [1.165, 1.54) is 25.7 Å². The predicted molar refractivity (Wildman–Crippen MR) is 133 cm³/mol. The van der Waals surface area contributed by atoms with Gasteiger partial charge in [-0.1, -0.05) is 17.7 Å². The number of halogens is 1. The third kappa shape index (κ3) is 4.36. The first-order valence-corrected chi connectivity index (χ1v) is 12.7. The summed E-state index contributed by atoms with van der Waals surface area (Å²) in [5, 5.41) is 7.83. The minimum Gasteiger partial charge on any atom is -0.381 e. The monoisotopic (exact) mass is 465 g/mol. The highest BCUT2D eigenvalue weighted by atomic mass is 35.5. The molecule has 0 unspecified atom stereocenters.